The van der Waals surface area contributed by atoms with Crippen molar-refractivity contribution >= 4 is 22.8 Å². The zero-order chi connectivity index (χ0) is 33.3. The highest BCUT2D eigenvalue weighted by Crippen LogP contribution is 2.35. The van der Waals surface area contributed by atoms with E-state index >= 15 is 0 Å². The van der Waals surface area contributed by atoms with Crippen molar-refractivity contribution in [2.24, 2.45) is 5.92 Å². The van der Waals surface area contributed by atoms with Gasteiger partial charge in [-0.05, 0) is 89.3 Å². The fourth-order valence-corrected chi connectivity index (χ4v) is 7.04. The van der Waals surface area contributed by atoms with Gasteiger partial charge in [-0.15, -0.1) is 5.10 Å². The maximum absolute atomic E-state index is 13.3. The molecule has 0 N–H and O–H groups in total. The highest BCUT2D eigenvalue weighted by molar-refractivity contribution is 5.95. The number of amides is 1. The van der Waals surface area contributed by atoms with Crippen molar-refractivity contribution in [1.29, 1.82) is 0 Å². The molecule has 12 heteroatoms. The molecule has 1 amide bonds. The van der Waals surface area contributed by atoms with Gasteiger partial charge in [-0.2, -0.15) is 5.10 Å². The Kier molecular flexibility index (Phi) is 9.26. The second kappa shape index (κ2) is 13.7. The van der Waals surface area contributed by atoms with Crippen LogP contribution in [0.15, 0.2) is 42.9 Å². The van der Waals surface area contributed by atoms with E-state index in [9.17, 15) is 4.79 Å². The van der Waals surface area contributed by atoms with Crippen LogP contribution in [0.3, 0.4) is 0 Å². The summed E-state index contributed by atoms with van der Waals surface area (Å²) in [5, 5.41) is 14.7. The SMILES string of the molecule is COc1cc(-c2cn(Cc3ccc(N4CCC[C@@H](N(CC5CCC5)C(=O)OC(C)(C)C)C4)nc3)nn2)c2cnn(C3CCCCO3)c2c1. The van der Waals surface area contributed by atoms with Gasteiger partial charge in [0.1, 0.15) is 22.9 Å². The number of anilines is 1. The molecule has 2 saturated heterocycles. The van der Waals surface area contributed by atoms with E-state index in [1.807, 2.05) is 65.8 Å². The second-order valence-corrected chi connectivity index (χ2v) is 14.5. The van der Waals surface area contributed by atoms with Crippen LogP contribution in [-0.2, 0) is 16.0 Å². The summed E-state index contributed by atoms with van der Waals surface area (Å²) in [5.74, 6) is 2.24. The molecule has 4 aromatic rings. The van der Waals surface area contributed by atoms with Crippen LogP contribution < -0.4 is 9.64 Å². The van der Waals surface area contributed by atoms with Crippen molar-refractivity contribution in [3.05, 3.63) is 48.4 Å². The van der Waals surface area contributed by atoms with Crippen LogP contribution in [-0.4, -0.2) is 85.7 Å². The van der Waals surface area contributed by atoms with Crippen LogP contribution >= 0.6 is 0 Å². The summed E-state index contributed by atoms with van der Waals surface area (Å²) in [4.78, 5) is 22.4. The number of nitrogens with zero attached hydrogens (tertiary/aromatic N) is 8. The predicted molar refractivity (Wildman–Crippen MR) is 183 cm³/mol. The summed E-state index contributed by atoms with van der Waals surface area (Å²) in [6, 6.07) is 8.28. The minimum atomic E-state index is -0.515. The number of hydrogen-bond donors (Lipinski definition) is 0. The lowest BCUT2D eigenvalue weighted by Gasteiger charge is -2.42. The molecular formula is C36H48N8O4. The molecule has 12 nitrogen and oxygen atoms in total. The van der Waals surface area contributed by atoms with Gasteiger partial charge in [0, 0.05) is 49.5 Å². The van der Waals surface area contributed by atoms with E-state index in [2.05, 4.69) is 27.3 Å². The van der Waals surface area contributed by atoms with E-state index < -0.39 is 5.60 Å². The van der Waals surface area contributed by atoms with Crippen molar-refractivity contribution < 1.29 is 19.0 Å². The van der Waals surface area contributed by atoms with E-state index in [0.717, 1.165) is 97.6 Å². The van der Waals surface area contributed by atoms with Gasteiger partial charge in [0.05, 0.1) is 37.6 Å². The first-order valence-corrected chi connectivity index (χ1v) is 17.5. The molecule has 256 valence electrons. The zero-order valence-electron chi connectivity index (χ0n) is 28.7. The van der Waals surface area contributed by atoms with Crippen LogP contribution in [0.2, 0.25) is 0 Å². The molecule has 5 heterocycles. The van der Waals surface area contributed by atoms with Crippen LogP contribution in [0.4, 0.5) is 10.6 Å². The first-order valence-electron chi connectivity index (χ1n) is 17.5. The number of methoxy groups -OCH3 is 1. The normalized spacial score (nSPS) is 20.5. The number of benzene rings is 1. The minimum Gasteiger partial charge on any atom is -0.497 e. The van der Waals surface area contributed by atoms with Gasteiger partial charge in [0.25, 0.3) is 0 Å². The first-order chi connectivity index (χ1) is 23.2. The average Bonchev–Trinajstić information content (AvgIpc) is 3.71. The average molecular weight is 657 g/mol. The number of piperidine rings is 1. The summed E-state index contributed by atoms with van der Waals surface area (Å²) in [5.41, 5.74) is 3.15. The molecule has 1 saturated carbocycles. The Bertz CT molecular complexity index is 1700. The third kappa shape index (κ3) is 7.13. The summed E-state index contributed by atoms with van der Waals surface area (Å²) in [7, 11) is 1.67. The number of ether oxygens (including phenoxy) is 3. The van der Waals surface area contributed by atoms with Crippen molar-refractivity contribution in [2.75, 3.05) is 38.3 Å². The third-order valence-electron chi connectivity index (χ3n) is 9.79. The highest BCUT2D eigenvalue weighted by atomic mass is 16.6. The van der Waals surface area contributed by atoms with Crippen LogP contribution in [0, 0.1) is 5.92 Å². The van der Waals surface area contributed by atoms with Gasteiger partial charge < -0.3 is 24.0 Å². The summed E-state index contributed by atoms with van der Waals surface area (Å²) in [6.45, 7) is 9.54. The fourth-order valence-electron chi connectivity index (χ4n) is 7.04. The van der Waals surface area contributed by atoms with Gasteiger partial charge in [0.2, 0.25) is 0 Å². The van der Waals surface area contributed by atoms with Crippen molar-refractivity contribution in [1.82, 2.24) is 34.7 Å². The van der Waals surface area contributed by atoms with E-state index in [1.165, 1.54) is 19.3 Å². The molecule has 3 fully saturated rings. The molecule has 3 aliphatic rings. The second-order valence-electron chi connectivity index (χ2n) is 14.5. The number of carbonyl (C=O) groups excluding carboxylic acids is 1. The molecule has 2 atom stereocenters. The summed E-state index contributed by atoms with van der Waals surface area (Å²) in [6.07, 6.45) is 14.2. The van der Waals surface area contributed by atoms with Crippen LogP contribution in [0.5, 0.6) is 5.75 Å². The number of hydrogen-bond acceptors (Lipinski definition) is 9. The molecule has 3 aromatic heterocycles. The number of carbonyl (C=O) groups is 1. The van der Waals surface area contributed by atoms with E-state index in [4.69, 9.17) is 24.3 Å². The fraction of sp³-hybridized carbons (Fsp3) is 0.583. The molecule has 0 bridgehead atoms. The monoisotopic (exact) mass is 656 g/mol. The lowest BCUT2D eigenvalue weighted by atomic mass is 9.84. The smallest absolute Gasteiger partial charge is 0.410 e. The standard InChI is InChI=1S/C36H48N8O4/c1-36(2,3)48-35(45)43(22-25-9-7-10-25)27-11-8-15-41(23-27)33-14-13-26(19-37-33)21-42-24-31(39-40-42)29-17-28(46-4)18-32-30(29)20-38-44(32)34-12-5-6-16-47-34/h13-14,17-20,24-25,27,34H,5-12,15-16,21-23H2,1-4H3/t27-,34?/m1/s1. The number of rotatable bonds is 9. The maximum Gasteiger partial charge on any atom is 0.410 e. The quantitative estimate of drug-likeness (QED) is 0.201. The molecule has 1 aromatic carbocycles. The molecule has 48 heavy (non-hydrogen) atoms. The van der Waals surface area contributed by atoms with E-state index in [0.29, 0.717) is 12.5 Å². The lowest BCUT2D eigenvalue weighted by molar-refractivity contribution is -0.0366. The number of aromatic nitrogens is 6. The molecule has 0 spiro atoms. The summed E-state index contributed by atoms with van der Waals surface area (Å²) >= 11 is 0. The largest absolute Gasteiger partial charge is 0.497 e. The topological polar surface area (TPSA) is 113 Å². The molecule has 7 rings (SSSR count). The highest BCUT2D eigenvalue weighted by Gasteiger charge is 2.35. The Morgan fingerprint density at radius 1 is 1.06 bits per heavy atom. The van der Waals surface area contributed by atoms with Gasteiger partial charge in [0.15, 0.2) is 6.23 Å². The Morgan fingerprint density at radius 3 is 2.65 bits per heavy atom. The minimum absolute atomic E-state index is 0.0746. The molecule has 1 unspecified atom stereocenters. The van der Waals surface area contributed by atoms with Crippen LogP contribution in [0.1, 0.15) is 83.9 Å². The van der Waals surface area contributed by atoms with Crippen molar-refractivity contribution in [2.45, 2.75) is 96.6 Å². The molecule has 2 aliphatic heterocycles. The number of fused-ring (bicyclic) bond motifs is 1. The van der Waals surface area contributed by atoms with Crippen LogP contribution in [0.25, 0.3) is 22.2 Å². The zero-order valence-corrected chi connectivity index (χ0v) is 28.7. The van der Waals surface area contributed by atoms with Gasteiger partial charge in [-0.25, -0.2) is 19.1 Å². The first kappa shape index (κ1) is 32.4. The molecular weight excluding hydrogens is 608 g/mol. The predicted octanol–water partition coefficient (Wildman–Crippen LogP) is 6.45. The van der Waals surface area contributed by atoms with Crippen molar-refractivity contribution in [3.63, 3.8) is 0 Å². The lowest BCUT2D eigenvalue weighted by Crippen LogP contribution is -2.53. The maximum atomic E-state index is 13.3. The van der Waals surface area contributed by atoms with Gasteiger partial charge >= 0.3 is 6.09 Å². The van der Waals surface area contributed by atoms with Gasteiger partial charge in [-0.1, -0.05) is 17.7 Å². The van der Waals surface area contributed by atoms with E-state index in [-0.39, 0.29) is 18.4 Å². The summed E-state index contributed by atoms with van der Waals surface area (Å²) < 4.78 is 21.3. The van der Waals surface area contributed by atoms with E-state index in [1.54, 1.807) is 7.11 Å². The van der Waals surface area contributed by atoms with Crippen molar-refractivity contribution in [3.8, 4) is 17.0 Å². The Morgan fingerprint density at radius 2 is 1.94 bits per heavy atom. The third-order valence-corrected chi connectivity index (χ3v) is 9.79. The number of pyridine rings is 1. The Labute approximate surface area is 282 Å². The Hall–Kier alpha value is -4.19. The Balaban J connectivity index is 1.04. The molecule has 1 aliphatic carbocycles. The molecule has 0 radical (unpaired) electrons. The van der Waals surface area contributed by atoms with Gasteiger partial charge in [-0.3, -0.25) is 0 Å².